The molecule has 1 saturated carbocycles. The Morgan fingerprint density at radius 2 is 2.05 bits per heavy atom. The first-order valence-electron chi connectivity index (χ1n) is 8.02. The molecular formula is C18H21BrN2O. The monoisotopic (exact) mass is 360 g/mol. The molecule has 3 aliphatic rings. The van der Waals surface area contributed by atoms with Gasteiger partial charge in [-0.25, -0.2) is 0 Å². The summed E-state index contributed by atoms with van der Waals surface area (Å²) in [7, 11) is 1.83. The Labute approximate surface area is 140 Å². The van der Waals surface area contributed by atoms with E-state index >= 15 is 0 Å². The van der Waals surface area contributed by atoms with Crippen LogP contribution in [0, 0.1) is 5.41 Å². The van der Waals surface area contributed by atoms with E-state index in [2.05, 4.69) is 41.1 Å². The van der Waals surface area contributed by atoms with Crippen LogP contribution in [0.25, 0.3) is 0 Å². The third-order valence-corrected chi connectivity index (χ3v) is 6.21. The summed E-state index contributed by atoms with van der Waals surface area (Å²) < 4.78 is 6.69. The van der Waals surface area contributed by atoms with Crippen molar-refractivity contribution in [3.05, 3.63) is 33.8 Å². The van der Waals surface area contributed by atoms with Gasteiger partial charge in [0.2, 0.25) is 0 Å². The average molecular weight is 361 g/mol. The average Bonchev–Trinajstić information content (AvgIpc) is 3.03. The Morgan fingerprint density at radius 1 is 1.27 bits per heavy atom. The fraction of sp³-hybridized carbons (Fsp3) is 0.556. The second-order valence-corrected chi connectivity index (χ2v) is 7.79. The summed E-state index contributed by atoms with van der Waals surface area (Å²) in [4.78, 5) is 10.0. The smallest absolute Gasteiger partial charge is 0.182 e. The van der Waals surface area contributed by atoms with Crippen LogP contribution in [0.2, 0.25) is 0 Å². The second-order valence-electron chi connectivity index (χ2n) is 6.88. The summed E-state index contributed by atoms with van der Waals surface area (Å²) in [6.45, 7) is 2.06. The van der Waals surface area contributed by atoms with Gasteiger partial charge in [0.15, 0.2) is 5.66 Å². The van der Waals surface area contributed by atoms with Crippen molar-refractivity contribution in [2.24, 2.45) is 15.4 Å². The Morgan fingerprint density at radius 3 is 2.68 bits per heavy atom. The molecule has 1 aromatic carbocycles. The maximum absolute atomic E-state index is 5.58. The van der Waals surface area contributed by atoms with Crippen molar-refractivity contribution < 1.29 is 4.74 Å². The van der Waals surface area contributed by atoms with Gasteiger partial charge in [0.05, 0.1) is 11.8 Å². The number of hydrogen-bond donors (Lipinski definition) is 0. The number of fused-ring (bicyclic) bond motifs is 3. The van der Waals surface area contributed by atoms with Crippen LogP contribution in [0.5, 0.6) is 0 Å². The quantitative estimate of drug-likeness (QED) is 0.735. The summed E-state index contributed by atoms with van der Waals surface area (Å²) in [6.07, 6.45) is 7.92. The molecule has 1 aromatic rings. The predicted molar refractivity (Wildman–Crippen MR) is 92.8 cm³/mol. The zero-order valence-electron chi connectivity index (χ0n) is 13.1. The van der Waals surface area contributed by atoms with Crippen molar-refractivity contribution in [2.45, 2.75) is 50.8 Å². The zero-order chi connectivity index (χ0) is 15.4. The molecule has 116 valence electrons. The molecule has 1 fully saturated rings. The van der Waals surface area contributed by atoms with Crippen LogP contribution in [-0.4, -0.2) is 25.1 Å². The van der Waals surface area contributed by atoms with Gasteiger partial charge < -0.3 is 4.74 Å². The molecule has 1 unspecified atom stereocenters. The van der Waals surface area contributed by atoms with Crippen molar-refractivity contribution >= 4 is 27.9 Å². The fourth-order valence-corrected chi connectivity index (χ4v) is 4.95. The topological polar surface area (TPSA) is 34.0 Å². The summed E-state index contributed by atoms with van der Waals surface area (Å²) >= 11 is 3.62. The largest absolute Gasteiger partial charge is 0.381 e. The summed E-state index contributed by atoms with van der Waals surface area (Å²) in [5.41, 5.74) is 3.48. The number of hydrogen-bond acceptors (Lipinski definition) is 3. The van der Waals surface area contributed by atoms with E-state index in [1.807, 2.05) is 13.3 Å². The lowest BCUT2D eigenvalue weighted by molar-refractivity contribution is -0.000297. The predicted octanol–water partition coefficient (Wildman–Crippen LogP) is 4.28. The Balaban J connectivity index is 1.83. The molecule has 2 aliphatic carbocycles. The summed E-state index contributed by atoms with van der Waals surface area (Å²) in [5, 5.41) is 0. The lowest BCUT2D eigenvalue weighted by atomic mass is 9.65. The molecule has 0 amide bonds. The number of aliphatic imine (C=N–C) groups is 2. The minimum absolute atomic E-state index is 0.124. The number of benzene rings is 1. The first kappa shape index (κ1) is 14.6. The van der Waals surface area contributed by atoms with Gasteiger partial charge >= 0.3 is 0 Å². The molecule has 0 aromatic heterocycles. The van der Waals surface area contributed by atoms with E-state index in [1.54, 1.807) is 0 Å². The van der Waals surface area contributed by atoms with Crippen molar-refractivity contribution in [1.82, 2.24) is 0 Å². The van der Waals surface area contributed by atoms with Crippen LogP contribution in [0.3, 0.4) is 0 Å². The van der Waals surface area contributed by atoms with Gasteiger partial charge in [0, 0.05) is 28.8 Å². The second kappa shape index (κ2) is 5.00. The van der Waals surface area contributed by atoms with E-state index in [-0.39, 0.29) is 5.41 Å². The molecule has 0 bridgehead atoms. The molecule has 1 atom stereocenters. The summed E-state index contributed by atoms with van der Waals surface area (Å²) in [6, 6.07) is 6.62. The van der Waals surface area contributed by atoms with Crippen LogP contribution in [0.4, 0.5) is 0 Å². The van der Waals surface area contributed by atoms with Crippen molar-refractivity contribution in [1.29, 1.82) is 0 Å². The highest BCUT2D eigenvalue weighted by atomic mass is 79.9. The van der Waals surface area contributed by atoms with Crippen LogP contribution in [0.15, 0.2) is 32.7 Å². The number of halogens is 1. The van der Waals surface area contributed by atoms with Gasteiger partial charge in [0.1, 0.15) is 0 Å². The number of nitrogens with zero attached hydrogens (tertiary/aromatic N) is 2. The van der Waals surface area contributed by atoms with E-state index in [0.29, 0.717) is 6.10 Å². The molecule has 0 radical (unpaired) electrons. The van der Waals surface area contributed by atoms with Crippen LogP contribution in [-0.2, 0) is 16.8 Å². The summed E-state index contributed by atoms with van der Waals surface area (Å²) in [5.74, 6) is 0. The third kappa shape index (κ3) is 1.89. The van der Waals surface area contributed by atoms with E-state index < -0.39 is 5.66 Å². The van der Waals surface area contributed by atoms with E-state index in [1.165, 1.54) is 11.1 Å². The Kier molecular flexibility index (Phi) is 3.31. The van der Waals surface area contributed by atoms with Gasteiger partial charge in [-0.05, 0) is 56.7 Å². The van der Waals surface area contributed by atoms with Gasteiger partial charge in [-0.1, -0.05) is 22.0 Å². The van der Waals surface area contributed by atoms with E-state index in [9.17, 15) is 0 Å². The molecule has 0 saturated heterocycles. The van der Waals surface area contributed by atoms with Gasteiger partial charge in [-0.15, -0.1) is 0 Å². The molecule has 22 heavy (non-hydrogen) atoms. The van der Waals surface area contributed by atoms with Crippen molar-refractivity contribution in [3.8, 4) is 0 Å². The number of methoxy groups -OCH3 is 1. The number of rotatable bonds is 1. The van der Waals surface area contributed by atoms with Crippen molar-refractivity contribution in [2.75, 3.05) is 7.11 Å². The normalized spacial score (nSPS) is 36.1. The molecule has 4 rings (SSSR count). The van der Waals surface area contributed by atoms with Crippen LogP contribution in [0.1, 0.15) is 43.7 Å². The lowest BCUT2D eigenvalue weighted by Gasteiger charge is -2.44. The maximum atomic E-state index is 5.58. The van der Waals surface area contributed by atoms with Crippen LogP contribution >= 0.6 is 15.9 Å². The minimum Gasteiger partial charge on any atom is -0.381 e. The van der Waals surface area contributed by atoms with Gasteiger partial charge in [-0.2, -0.15) is 0 Å². The van der Waals surface area contributed by atoms with Crippen LogP contribution < -0.4 is 0 Å². The first-order chi connectivity index (χ1) is 10.6. The van der Waals surface area contributed by atoms with Crippen molar-refractivity contribution in [3.63, 3.8) is 0 Å². The highest BCUT2D eigenvalue weighted by Gasteiger charge is 2.59. The first-order valence-corrected chi connectivity index (χ1v) is 8.81. The van der Waals surface area contributed by atoms with Gasteiger partial charge in [-0.3, -0.25) is 9.98 Å². The third-order valence-electron chi connectivity index (χ3n) is 5.72. The molecule has 2 spiro atoms. The Hall–Kier alpha value is -1.00. The SMILES string of the molecule is COC1CCC2(CC1)Cc1ccc(Br)cc1C21N=CC(C)=N1. The molecule has 0 N–H and O–H groups in total. The molecule has 1 aliphatic heterocycles. The highest BCUT2D eigenvalue weighted by molar-refractivity contribution is 9.10. The Bertz CT molecular complexity index is 674. The van der Waals surface area contributed by atoms with E-state index in [4.69, 9.17) is 14.7 Å². The molecule has 3 nitrogen and oxygen atoms in total. The molecule has 1 heterocycles. The standard InChI is InChI=1S/C18H21BrN2O/c1-12-11-20-18(21-12)16-9-14(19)4-3-13(16)10-17(18)7-5-15(22-2)6-8-17/h3-4,9,11,15H,5-8,10H2,1-2H3. The minimum atomic E-state index is -0.394. The lowest BCUT2D eigenvalue weighted by Crippen LogP contribution is -2.43. The number of ether oxygens (including phenoxy) is 1. The molecule has 4 heteroatoms. The fourth-order valence-electron chi connectivity index (χ4n) is 4.59. The van der Waals surface area contributed by atoms with E-state index in [0.717, 1.165) is 42.3 Å². The molecular weight excluding hydrogens is 340 g/mol. The van der Waals surface area contributed by atoms with Gasteiger partial charge in [0.25, 0.3) is 0 Å². The zero-order valence-corrected chi connectivity index (χ0v) is 14.7. The highest BCUT2D eigenvalue weighted by Crippen LogP contribution is 2.61. The maximum Gasteiger partial charge on any atom is 0.182 e.